The normalized spacial score (nSPS) is 10.9. The van der Waals surface area contributed by atoms with Gasteiger partial charge in [0.25, 0.3) is 0 Å². The fourth-order valence-electron chi connectivity index (χ4n) is 1.95. The Labute approximate surface area is 96.7 Å². The van der Waals surface area contributed by atoms with E-state index in [0.717, 1.165) is 17.0 Å². The molecule has 3 rings (SSSR count). The number of H-pyrrole nitrogens is 1. The molecule has 84 valence electrons. The highest BCUT2D eigenvalue weighted by Gasteiger charge is 2.09. The first-order valence-corrected chi connectivity index (χ1v) is 5.27. The van der Waals surface area contributed by atoms with E-state index in [1.165, 1.54) is 6.07 Å². The molecule has 3 heteroatoms. The van der Waals surface area contributed by atoms with Crippen LogP contribution >= 0.6 is 0 Å². The van der Waals surface area contributed by atoms with Crippen molar-refractivity contribution in [1.82, 2.24) is 4.98 Å². The van der Waals surface area contributed by atoms with Gasteiger partial charge in [-0.15, -0.1) is 0 Å². The summed E-state index contributed by atoms with van der Waals surface area (Å²) in [6, 6.07) is 11.6. The number of hydrogen-bond acceptors (Lipinski definition) is 0. The van der Waals surface area contributed by atoms with Crippen molar-refractivity contribution in [2.45, 2.75) is 0 Å². The Hall–Kier alpha value is -2.16. The van der Waals surface area contributed by atoms with E-state index in [2.05, 4.69) is 4.98 Å². The molecule has 0 aliphatic carbocycles. The van der Waals surface area contributed by atoms with Crippen molar-refractivity contribution in [3.63, 3.8) is 0 Å². The third kappa shape index (κ3) is 1.60. The SMILES string of the molecule is Fc1cccc(-c2ccc3[nH]ccc3c2)c1F. The fraction of sp³-hybridized carbons (Fsp3) is 0. The van der Waals surface area contributed by atoms with Crippen LogP contribution in [0.2, 0.25) is 0 Å². The van der Waals surface area contributed by atoms with Crippen molar-refractivity contribution in [2.24, 2.45) is 0 Å². The predicted octanol–water partition coefficient (Wildman–Crippen LogP) is 4.11. The predicted molar refractivity (Wildman–Crippen MR) is 63.7 cm³/mol. The summed E-state index contributed by atoms with van der Waals surface area (Å²) in [4.78, 5) is 3.06. The molecular formula is C14H9F2N. The third-order valence-electron chi connectivity index (χ3n) is 2.82. The molecule has 1 N–H and O–H groups in total. The summed E-state index contributed by atoms with van der Waals surface area (Å²) in [5.74, 6) is -1.63. The zero-order valence-electron chi connectivity index (χ0n) is 8.87. The van der Waals surface area contributed by atoms with Crippen molar-refractivity contribution in [2.75, 3.05) is 0 Å². The van der Waals surface area contributed by atoms with Gasteiger partial charge in [-0.2, -0.15) is 0 Å². The second-order valence-corrected chi connectivity index (χ2v) is 3.88. The van der Waals surface area contributed by atoms with Crippen molar-refractivity contribution in [1.29, 1.82) is 0 Å². The standard InChI is InChI=1S/C14H9F2N/c15-12-3-1-2-11(14(12)16)9-4-5-13-10(8-9)6-7-17-13/h1-8,17H. The average molecular weight is 229 g/mol. The van der Waals surface area contributed by atoms with Crippen LogP contribution in [-0.4, -0.2) is 4.98 Å². The van der Waals surface area contributed by atoms with Gasteiger partial charge in [0.2, 0.25) is 0 Å². The summed E-state index contributed by atoms with van der Waals surface area (Å²) in [5.41, 5.74) is 1.94. The fourth-order valence-corrected chi connectivity index (χ4v) is 1.95. The maximum absolute atomic E-state index is 13.6. The number of hydrogen-bond donors (Lipinski definition) is 1. The van der Waals surface area contributed by atoms with Crippen molar-refractivity contribution in [3.8, 4) is 11.1 Å². The Morgan fingerprint density at radius 2 is 1.82 bits per heavy atom. The van der Waals surface area contributed by atoms with Gasteiger partial charge >= 0.3 is 0 Å². The number of rotatable bonds is 1. The smallest absolute Gasteiger partial charge is 0.166 e. The van der Waals surface area contributed by atoms with Crippen molar-refractivity contribution >= 4 is 10.9 Å². The molecule has 0 aliphatic rings. The molecule has 2 aromatic carbocycles. The van der Waals surface area contributed by atoms with Crippen LogP contribution in [0, 0.1) is 11.6 Å². The van der Waals surface area contributed by atoms with Gasteiger partial charge in [-0.3, -0.25) is 0 Å². The van der Waals surface area contributed by atoms with Gasteiger partial charge < -0.3 is 4.98 Å². The highest BCUT2D eigenvalue weighted by molar-refractivity contribution is 5.85. The first-order chi connectivity index (χ1) is 8.25. The van der Waals surface area contributed by atoms with Gasteiger partial charge in [-0.1, -0.05) is 18.2 Å². The summed E-state index contributed by atoms with van der Waals surface area (Å²) >= 11 is 0. The van der Waals surface area contributed by atoms with Crippen LogP contribution in [0.3, 0.4) is 0 Å². The second-order valence-electron chi connectivity index (χ2n) is 3.88. The van der Waals surface area contributed by atoms with Gasteiger partial charge in [0.15, 0.2) is 11.6 Å². The largest absolute Gasteiger partial charge is 0.361 e. The highest BCUT2D eigenvalue weighted by Crippen LogP contribution is 2.27. The minimum Gasteiger partial charge on any atom is -0.361 e. The lowest BCUT2D eigenvalue weighted by Crippen LogP contribution is -1.88. The summed E-state index contributed by atoms with van der Waals surface area (Å²) in [5, 5.41) is 0.978. The number of fused-ring (bicyclic) bond motifs is 1. The number of aromatic nitrogens is 1. The van der Waals surface area contributed by atoms with E-state index in [1.54, 1.807) is 12.1 Å². The molecule has 0 bridgehead atoms. The number of nitrogens with one attached hydrogen (secondary N) is 1. The minimum absolute atomic E-state index is 0.285. The summed E-state index contributed by atoms with van der Waals surface area (Å²) in [6.45, 7) is 0. The van der Waals surface area contributed by atoms with Crippen LogP contribution in [0.25, 0.3) is 22.0 Å². The van der Waals surface area contributed by atoms with E-state index in [-0.39, 0.29) is 5.56 Å². The Morgan fingerprint density at radius 3 is 2.71 bits per heavy atom. The summed E-state index contributed by atoms with van der Waals surface area (Å²) in [6.07, 6.45) is 1.82. The third-order valence-corrected chi connectivity index (χ3v) is 2.82. The second kappa shape index (κ2) is 3.70. The molecule has 1 heterocycles. The molecule has 1 aromatic heterocycles. The van der Waals surface area contributed by atoms with Gasteiger partial charge in [0.1, 0.15) is 0 Å². The van der Waals surface area contributed by atoms with Crippen LogP contribution in [0.15, 0.2) is 48.7 Å². The molecule has 0 aliphatic heterocycles. The average Bonchev–Trinajstić information content (AvgIpc) is 2.79. The van der Waals surface area contributed by atoms with Crippen LogP contribution in [0.5, 0.6) is 0 Å². The van der Waals surface area contributed by atoms with Crippen LogP contribution in [-0.2, 0) is 0 Å². The molecular weight excluding hydrogens is 220 g/mol. The monoisotopic (exact) mass is 229 g/mol. The van der Waals surface area contributed by atoms with E-state index in [4.69, 9.17) is 0 Å². The Kier molecular flexibility index (Phi) is 2.18. The number of benzene rings is 2. The molecule has 1 nitrogen and oxygen atoms in total. The molecule has 0 saturated carbocycles. The molecule has 0 unspecified atom stereocenters. The maximum Gasteiger partial charge on any atom is 0.166 e. The number of aromatic amines is 1. The highest BCUT2D eigenvalue weighted by atomic mass is 19.2. The molecule has 0 saturated heterocycles. The van der Waals surface area contributed by atoms with Crippen molar-refractivity contribution in [3.05, 3.63) is 60.3 Å². The van der Waals surface area contributed by atoms with Gasteiger partial charge in [-0.05, 0) is 35.2 Å². The van der Waals surface area contributed by atoms with Crippen molar-refractivity contribution < 1.29 is 8.78 Å². The molecule has 0 spiro atoms. The molecule has 0 fully saturated rings. The minimum atomic E-state index is -0.823. The molecule has 0 atom stereocenters. The lowest BCUT2D eigenvalue weighted by molar-refractivity contribution is 0.511. The summed E-state index contributed by atoms with van der Waals surface area (Å²) in [7, 11) is 0. The molecule has 0 amide bonds. The molecule has 0 radical (unpaired) electrons. The quantitative estimate of drug-likeness (QED) is 0.646. The van der Waals surface area contributed by atoms with E-state index in [9.17, 15) is 8.78 Å². The lowest BCUT2D eigenvalue weighted by Gasteiger charge is -2.04. The molecule has 3 aromatic rings. The topological polar surface area (TPSA) is 15.8 Å². The van der Waals surface area contributed by atoms with E-state index < -0.39 is 11.6 Å². The Bertz CT molecular complexity index is 686. The van der Waals surface area contributed by atoms with Gasteiger partial charge in [-0.25, -0.2) is 8.78 Å². The first kappa shape index (κ1) is 10.0. The van der Waals surface area contributed by atoms with Crippen LogP contribution in [0.4, 0.5) is 8.78 Å². The van der Waals surface area contributed by atoms with E-state index >= 15 is 0 Å². The maximum atomic E-state index is 13.6. The van der Waals surface area contributed by atoms with Gasteiger partial charge in [0, 0.05) is 17.3 Å². The molecule has 17 heavy (non-hydrogen) atoms. The van der Waals surface area contributed by atoms with E-state index in [1.807, 2.05) is 24.4 Å². The first-order valence-electron chi connectivity index (χ1n) is 5.27. The Balaban J connectivity index is 2.23. The van der Waals surface area contributed by atoms with Crippen LogP contribution < -0.4 is 0 Å². The van der Waals surface area contributed by atoms with E-state index in [0.29, 0.717) is 5.56 Å². The van der Waals surface area contributed by atoms with Crippen LogP contribution in [0.1, 0.15) is 0 Å². The van der Waals surface area contributed by atoms with Gasteiger partial charge in [0.05, 0.1) is 0 Å². The number of halogens is 2. The zero-order valence-corrected chi connectivity index (χ0v) is 8.87. The Morgan fingerprint density at radius 1 is 0.941 bits per heavy atom. The zero-order chi connectivity index (χ0) is 11.8. The summed E-state index contributed by atoms with van der Waals surface area (Å²) < 4.78 is 26.8. The lowest BCUT2D eigenvalue weighted by atomic mass is 10.0.